The van der Waals surface area contributed by atoms with Gasteiger partial charge in [-0.05, 0) is 52.3 Å². The molecule has 0 amide bonds. The molecule has 2 heteroatoms. The van der Waals surface area contributed by atoms with E-state index in [-0.39, 0.29) is 0 Å². The average Bonchev–Trinajstić information content (AvgIpc) is 2.42. The fourth-order valence-electron chi connectivity index (χ4n) is 2.64. The summed E-state index contributed by atoms with van der Waals surface area (Å²) in [6.07, 6.45) is 2.41. The van der Waals surface area contributed by atoms with Gasteiger partial charge in [0, 0.05) is 18.6 Å². The number of nitrogens with one attached hydrogen (secondary N) is 1. The molecule has 0 radical (unpaired) electrons. The molecule has 0 saturated heterocycles. The fraction of sp³-hybridized carbons (Fsp3) is 0.667. The van der Waals surface area contributed by atoms with Crippen LogP contribution in [-0.2, 0) is 0 Å². The van der Waals surface area contributed by atoms with Gasteiger partial charge in [-0.15, -0.1) is 0 Å². The third-order valence-corrected chi connectivity index (χ3v) is 3.88. The van der Waals surface area contributed by atoms with Crippen molar-refractivity contribution in [3.63, 3.8) is 0 Å². The molecule has 0 aliphatic carbocycles. The molecule has 0 saturated carbocycles. The van der Waals surface area contributed by atoms with Crippen LogP contribution in [-0.4, -0.2) is 30.6 Å². The van der Waals surface area contributed by atoms with Crippen LogP contribution >= 0.6 is 0 Å². The topological polar surface area (TPSA) is 15.3 Å². The van der Waals surface area contributed by atoms with E-state index in [4.69, 9.17) is 0 Å². The van der Waals surface area contributed by atoms with Gasteiger partial charge in [-0.25, -0.2) is 0 Å². The average molecular weight is 276 g/mol. The summed E-state index contributed by atoms with van der Waals surface area (Å²) in [6.45, 7) is 14.6. The van der Waals surface area contributed by atoms with E-state index in [2.05, 4.69) is 69.1 Å². The van der Waals surface area contributed by atoms with Crippen molar-refractivity contribution >= 4 is 0 Å². The SMILES string of the molecule is CCCN(CCC(NCC)c1ccc(C)cc1)C(C)C. The molecule has 0 bridgehead atoms. The van der Waals surface area contributed by atoms with Crippen LogP contribution in [0.2, 0.25) is 0 Å². The van der Waals surface area contributed by atoms with Crippen molar-refractivity contribution in [3.05, 3.63) is 35.4 Å². The minimum absolute atomic E-state index is 0.471. The van der Waals surface area contributed by atoms with Crippen LogP contribution in [0.25, 0.3) is 0 Å². The van der Waals surface area contributed by atoms with Crippen molar-refractivity contribution in [2.45, 2.75) is 59.5 Å². The van der Waals surface area contributed by atoms with Gasteiger partial charge in [0.05, 0.1) is 0 Å². The number of rotatable bonds is 9. The summed E-state index contributed by atoms with van der Waals surface area (Å²) in [5.41, 5.74) is 2.75. The molecule has 2 nitrogen and oxygen atoms in total. The van der Waals surface area contributed by atoms with Crippen LogP contribution in [0.3, 0.4) is 0 Å². The molecule has 0 heterocycles. The number of benzene rings is 1. The quantitative estimate of drug-likeness (QED) is 0.728. The maximum atomic E-state index is 3.63. The van der Waals surface area contributed by atoms with Gasteiger partial charge in [0.15, 0.2) is 0 Å². The largest absolute Gasteiger partial charge is 0.310 e. The van der Waals surface area contributed by atoms with Crippen molar-refractivity contribution in [3.8, 4) is 0 Å². The van der Waals surface area contributed by atoms with E-state index in [0.29, 0.717) is 12.1 Å². The van der Waals surface area contributed by atoms with Gasteiger partial charge < -0.3 is 10.2 Å². The van der Waals surface area contributed by atoms with Crippen LogP contribution in [0.5, 0.6) is 0 Å². The molecule has 1 rings (SSSR count). The Hall–Kier alpha value is -0.860. The second kappa shape index (κ2) is 9.15. The summed E-state index contributed by atoms with van der Waals surface area (Å²) in [6, 6.07) is 10.1. The van der Waals surface area contributed by atoms with Gasteiger partial charge in [0.2, 0.25) is 0 Å². The van der Waals surface area contributed by atoms with Crippen LogP contribution in [0, 0.1) is 6.92 Å². The highest BCUT2D eigenvalue weighted by molar-refractivity contribution is 5.24. The lowest BCUT2D eigenvalue weighted by Crippen LogP contribution is -2.35. The second-order valence-electron chi connectivity index (χ2n) is 5.94. The molecule has 114 valence electrons. The Bertz CT molecular complexity index is 356. The number of nitrogens with zero attached hydrogens (tertiary/aromatic N) is 1. The number of hydrogen-bond donors (Lipinski definition) is 1. The fourth-order valence-corrected chi connectivity index (χ4v) is 2.64. The predicted octanol–water partition coefficient (Wildman–Crippen LogP) is 4.16. The van der Waals surface area contributed by atoms with Crippen LogP contribution < -0.4 is 5.32 Å². The van der Waals surface area contributed by atoms with Gasteiger partial charge in [0.25, 0.3) is 0 Å². The standard InChI is InChI=1S/C18H32N2/c1-6-13-20(15(3)4)14-12-18(19-7-2)17-10-8-16(5)9-11-17/h8-11,15,18-19H,6-7,12-14H2,1-5H3. The summed E-state index contributed by atoms with van der Waals surface area (Å²) >= 11 is 0. The van der Waals surface area contributed by atoms with E-state index in [0.717, 1.165) is 13.1 Å². The normalized spacial score (nSPS) is 13.2. The summed E-state index contributed by atoms with van der Waals surface area (Å²) in [5.74, 6) is 0. The van der Waals surface area contributed by atoms with Crippen molar-refractivity contribution in [1.29, 1.82) is 0 Å². The molecule has 0 spiro atoms. The zero-order valence-corrected chi connectivity index (χ0v) is 13.9. The van der Waals surface area contributed by atoms with E-state index in [9.17, 15) is 0 Å². The molecule has 1 aromatic carbocycles. The highest BCUT2D eigenvalue weighted by atomic mass is 15.1. The Kier molecular flexibility index (Phi) is 7.86. The maximum absolute atomic E-state index is 3.63. The predicted molar refractivity (Wildman–Crippen MR) is 89.2 cm³/mol. The molecule has 0 aliphatic rings. The second-order valence-corrected chi connectivity index (χ2v) is 5.94. The highest BCUT2D eigenvalue weighted by Gasteiger charge is 2.14. The van der Waals surface area contributed by atoms with E-state index in [1.165, 1.54) is 30.5 Å². The van der Waals surface area contributed by atoms with E-state index < -0.39 is 0 Å². The Balaban J connectivity index is 2.64. The highest BCUT2D eigenvalue weighted by Crippen LogP contribution is 2.18. The summed E-state index contributed by atoms with van der Waals surface area (Å²) in [5, 5.41) is 3.63. The number of aryl methyl sites for hydroxylation is 1. The van der Waals surface area contributed by atoms with Crippen molar-refractivity contribution in [2.75, 3.05) is 19.6 Å². The molecule has 1 aromatic rings. The zero-order chi connectivity index (χ0) is 15.0. The van der Waals surface area contributed by atoms with E-state index in [1.54, 1.807) is 0 Å². The third kappa shape index (κ3) is 5.64. The van der Waals surface area contributed by atoms with Gasteiger partial charge >= 0.3 is 0 Å². The van der Waals surface area contributed by atoms with E-state index >= 15 is 0 Å². The smallest absolute Gasteiger partial charge is 0.0332 e. The Morgan fingerprint density at radius 1 is 1.05 bits per heavy atom. The van der Waals surface area contributed by atoms with Gasteiger partial charge in [-0.1, -0.05) is 43.7 Å². The minimum atomic E-state index is 0.471. The van der Waals surface area contributed by atoms with Crippen molar-refractivity contribution in [1.82, 2.24) is 10.2 Å². The lowest BCUT2D eigenvalue weighted by Gasteiger charge is -2.28. The first-order valence-electron chi connectivity index (χ1n) is 8.12. The molecular formula is C18H32N2. The Morgan fingerprint density at radius 3 is 2.20 bits per heavy atom. The number of hydrogen-bond acceptors (Lipinski definition) is 2. The Labute approximate surface area is 125 Å². The summed E-state index contributed by atoms with van der Waals surface area (Å²) in [4.78, 5) is 2.58. The molecule has 1 unspecified atom stereocenters. The molecule has 1 atom stereocenters. The van der Waals surface area contributed by atoms with Gasteiger partial charge in [0.1, 0.15) is 0 Å². The molecule has 0 aliphatic heterocycles. The zero-order valence-electron chi connectivity index (χ0n) is 13.9. The molecule has 20 heavy (non-hydrogen) atoms. The molecular weight excluding hydrogens is 244 g/mol. The summed E-state index contributed by atoms with van der Waals surface area (Å²) in [7, 11) is 0. The lowest BCUT2D eigenvalue weighted by atomic mass is 10.0. The van der Waals surface area contributed by atoms with Gasteiger partial charge in [-0.2, -0.15) is 0 Å². The first-order valence-corrected chi connectivity index (χ1v) is 8.12. The van der Waals surface area contributed by atoms with Crippen LogP contribution in [0.1, 0.15) is 57.7 Å². The maximum Gasteiger partial charge on any atom is 0.0332 e. The van der Waals surface area contributed by atoms with Crippen LogP contribution in [0.4, 0.5) is 0 Å². The first-order chi connectivity index (χ1) is 9.58. The first kappa shape index (κ1) is 17.2. The van der Waals surface area contributed by atoms with Gasteiger partial charge in [-0.3, -0.25) is 0 Å². The Morgan fingerprint density at radius 2 is 1.70 bits per heavy atom. The monoisotopic (exact) mass is 276 g/mol. The van der Waals surface area contributed by atoms with Crippen molar-refractivity contribution in [2.24, 2.45) is 0 Å². The molecule has 1 N–H and O–H groups in total. The minimum Gasteiger partial charge on any atom is -0.310 e. The molecule has 0 fully saturated rings. The van der Waals surface area contributed by atoms with Crippen molar-refractivity contribution < 1.29 is 0 Å². The summed E-state index contributed by atoms with van der Waals surface area (Å²) < 4.78 is 0. The molecule has 0 aromatic heterocycles. The van der Waals surface area contributed by atoms with E-state index in [1.807, 2.05) is 0 Å². The third-order valence-electron chi connectivity index (χ3n) is 3.88. The van der Waals surface area contributed by atoms with Crippen LogP contribution in [0.15, 0.2) is 24.3 Å². The lowest BCUT2D eigenvalue weighted by molar-refractivity contribution is 0.210.